The molecule has 1 fully saturated rings. The van der Waals surface area contributed by atoms with E-state index in [2.05, 4.69) is 16.0 Å². The van der Waals surface area contributed by atoms with Gasteiger partial charge in [-0.15, -0.1) is 0 Å². The van der Waals surface area contributed by atoms with Crippen molar-refractivity contribution < 1.29 is 37.4 Å². The van der Waals surface area contributed by atoms with Gasteiger partial charge in [-0.05, 0) is 69.0 Å². The zero-order chi connectivity index (χ0) is 34.0. The molecule has 1 heterocycles. The molecule has 0 saturated carbocycles. The number of aliphatic hydroxyl groups is 1. The van der Waals surface area contributed by atoms with Crippen LogP contribution in [0.3, 0.4) is 0 Å². The lowest BCUT2D eigenvalue weighted by atomic mass is 10.0. The summed E-state index contributed by atoms with van der Waals surface area (Å²) in [6.45, 7) is 4.74. The molecule has 1 aliphatic rings. The molecule has 47 heavy (non-hydrogen) atoms. The molecule has 0 aromatic heterocycles. The first-order valence-corrected chi connectivity index (χ1v) is 16.8. The highest BCUT2D eigenvalue weighted by Crippen LogP contribution is 2.22. The maximum atomic E-state index is 14.0. The van der Waals surface area contributed by atoms with Crippen molar-refractivity contribution in [3.63, 3.8) is 0 Å². The van der Waals surface area contributed by atoms with Gasteiger partial charge in [-0.25, -0.2) is 18.0 Å². The second-order valence-electron chi connectivity index (χ2n) is 12.3. The molecule has 3 aromatic carbocycles. The molecular weight excluding hydrogens is 624 g/mol. The fourth-order valence-corrected chi connectivity index (χ4v) is 6.52. The van der Waals surface area contributed by atoms with Crippen LogP contribution in [0.4, 0.5) is 15.3 Å². The number of ether oxygens (including phenoxy) is 2. The lowest BCUT2D eigenvalue weighted by Gasteiger charge is -2.31. The Morgan fingerprint density at radius 1 is 0.957 bits per heavy atom. The highest BCUT2D eigenvalue weighted by atomic mass is 32.2. The van der Waals surface area contributed by atoms with Crippen LogP contribution in [0, 0.1) is 0 Å². The van der Waals surface area contributed by atoms with Gasteiger partial charge in [-0.2, -0.15) is 4.31 Å². The van der Waals surface area contributed by atoms with Gasteiger partial charge in [0, 0.05) is 31.2 Å². The number of rotatable bonds is 13. The Morgan fingerprint density at radius 2 is 1.57 bits per heavy atom. The standard InChI is InChI=1S/C34H42N4O8S/c1-34(2,3)46-33(42)37-29(20-24-10-6-4-7-11-24)30(39)22-38(21-27-16-19-31(40)35-27)47(43,44)28-17-14-26(15-18-28)36-32(41)45-23-25-12-8-5-9-13-25/h4-15,17-18,27,29-30,39H,16,19-23H2,1-3H3,(H,35,40)(H,36,41)(H,37,42)/t27-,29-,30+/m0/s1. The minimum absolute atomic E-state index is 0.0716. The summed E-state index contributed by atoms with van der Waals surface area (Å²) in [5.41, 5.74) is 1.16. The number of carbonyl (C=O) groups excluding carboxylic acids is 3. The molecule has 4 N–H and O–H groups in total. The SMILES string of the molecule is CC(C)(C)OC(=O)N[C@@H](Cc1ccccc1)[C@H](O)CN(C[C@@H]1CCC(=O)N1)S(=O)(=O)c1ccc(NC(=O)OCc2ccccc2)cc1. The first-order valence-electron chi connectivity index (χ1n) is 15.4. The zero-order valence-corrected chi connectivity index (χ0v) is 27.5. The van der Waals surface area contributed by atoms with Crippen molar-refractivity contribution in [1.29, 1.82) is 0 Å². The van der Waals surface area contributed by atoms with Crippen molar-refractivity contribution >= 4 is 33.8 Å². The van der Waals surface area contributed by atoms with E-state index in [0.717, 1.165) is 15.4 Å². The number of carbonyl (C=O) groups is 3. The molecule has 0 radical (unpaired) electrons. The predicted molar refractivity (Wildman–Crippen MR) is 176 cm³/mol. The fraction of sp³-hybridized carbons (Fsp3) is 0.382. The van der Waals surface area contributed by atoms with Crippen LogP contribution in [0.2, 0.25) is 0 Å². The van der Waals surface area contributed by atoms with E-state index < -0.39 is 46.0 Å². The van der Waals surface area contributed by atoms with Gasteiger partial charge in [0.2, 0.25) is 15.9 Å². The molecule has 13 heteroatoms. The van der Waals surface area contributed by atoms with Crippen molar-refractivity contribution in [3.8, 4) is 0 Å². The van der Waals surface area contributed by atoms with Gasteiger partial charge in [0.05, 0.1) is 17.0 Å². The lowest BCUT2D eigenvalue weighted by molar-refractivity contribution is -0.119. The molecule has 0 unspecified atom stereocenters. The van der Waals surface area contributed by atoms with Gasteiger partial charge in [-0.3, -0.25) is 10.1 Å². The van der Waals surface area contributed by atoms with Crippen molar-refractivity contribution in [3.05, 3.63) is 96.1 Å². The number of nitrogens with one attached hydrogen (secondary N) is 3. The summed E-state index contributed by atoms with van der Waals surface area (Å²) in [6, 6.07) is 22.5. The molecule has 3 amide bonds. The number of aliphatic hydroxyl groups excluding tert-OH is 1. The van der Waals surface area contributed by atoms with Gasteiger partial charge >= 0.3 is 12.2 Å². The Bertz CT molecular complexity index is 1600. The highest BCUT2D eigenvalue weighted by Gasteiger charge is 2.34. The third-order valence-electron chi connectivity index (χ3n) is 7.32. The van der Waals surface area contributed by atoms with E-state index in [1.165, 1.54) is 24.3 Å². The molecule has 4 rings (SSSR count). The number of hydrogen-bond donors (Lipinski definition) is 4. The average Bonchev–Trinajstić information content (AvgIpc) is 3.44. The van der Waals surface area contributed by atoms with Crippen LogP contribution in [0.15, 0.2) is 89.8 Å². The van der Waals surface area contributed by atoms with Crippen LogP contribution in [0.5, 0.6) is 0 Å². The summed E-state index contributed by atoms with van der Waals surface area (Å²) in [4.78, 5) is 36.9. The molecule has 1 saturated heterocycles. The third-order valence-corrected chi connectivity index (χ3v) is 9.16. The Labute approximate surface area is 275 Å². The number of nitrogens with zero attached hydrogens (tertiary/aromatic N) is 1. The van der Waals surface area contributed by atoms with Gasteiger partial charge in [0.1, 0.15) is 12.2 Å². The van der Waals surface area contributed by atoms with Gasteiger partial charge < -0.3 is 25.2 Å². The van der Waals surface area contributed by atoms with Gasteiger partial charge in [0.25, 0.3) is 0 Å². The molecule has 0 bridgehead atoms. The quantitative estimate of drug-likeness (QED) is 0.211. The smallest absolute Gasteiger partial charge is 0.411 e. The minimum atomic E-state index is -4.22. The number of sulfonamides is 1. The zero-order valence-electron chi connectivity index (χ0n) is 26.7. The molecule has 0 spiro atoms. The van der Waals surface area contributed by atoms with Crippen LogP contribution in [0.25, 0.3) is 0 Å². The third kappa shape index (κ3) is 11.1. The van der Waals surface area contributed by atoms with Crippen LogP contribution >= 0.6 is 0 Å². The lowest BCUT2D eigenvalue weighted by Crippen LogP contribution is -2.53. The van der Waals surface area contributed by atoms with E-state index in [1.54, 1.807) is 20.8 Å². The summed E-state index contributed by atoms with van der Waals surface area (Å²) < 4.78 is 39.8. The van der Waals surface area contributed by atoms with E-state index >= 15 is 0 Å². The second-order valence-corrected chi connectivity index (χ2v) is 14.3. The Hall–Kier alpha value is -4.46. The van der Waals surface area contributed by atoms with Crippen LogP contribution < -0.4 is 16.0 Å². The molecule has 12 nitrogen and oxygen atoms in total. The molecule has 0 aliphatic carbocycles. The monoisotopic (exact) mass is 666 g/mol. The number of amides is 3. The van der Waals surface area contributed by atoms with Gasteiger partial charge in [0.15, 0.2) is 0 Å². The maximum absolute atomic E-state index is 14.0. The van der Waals surface area contributed by atoms with Crippen molar-refractivity contribution in [1.82, 2.24) is 14.9 Å². The minimum Gasteiger partial charge on any atom is -0.444 e. The molecule has 3 atom stereocenters. The first kappa shape index (κ1) is 35.4. The maximum Gasteiger partial charge on any atom is 0.411 e. The van der Waals surface area contributed by atoms with Crippen molar-refractivity contribution in [2.24, 2.45) is 0 Å². The van der Waals surface area contributed by atoms with Crippen LogP contribution in [-0.2, 0) is 37.3 Å². The van der Waals surface area contributed by atoms with Crippen LogP contribution in [-0.4, -0.2) is 72.8 Å². The van der Waals surface area contributed by atoms with Crippen molar-refractivity contribution in [2.45, 2.75) is 75.3 Å². The number of alkyl carbamates (subject to hydrolysis) is 1. The largest absolute Gasteiger partial charge is 0.444 e. The Kier molecular flexibility index (Phi) is 12.0. The molecule has 252 valence electrons. The normalized spacial score (nSPS) is 16.2. The average molecular weight is 667 g/mol. The van der Waals surface area contributed by atoms with Crippen molar-refractivity contribution in [2.75, 3.05) is 18.4 Å². The summed E-state index contributed by atoms with van der Waals surface area (Å²) in [5.74, 6) is -0.184. The molecule has 1 aliphatic heterocycles. The second kappa shape index (κ2) is 15.9. The van der Waals surface area contributed by atoms with Gasteiger partial charge in [-0.1, -0.05) is 60.7 Å². The Morgan fingerprint density at radius 3 is 2.15 bits per heavy atom. The summed E-state index contributed by atoms with van der Waals surface area (Å²) in [5, 5.41) is 19.5. The van der Waals surface area contributed by atoms with E-state index in [-0.39, 0.29) is 43.3 Å². The summed E-state index contributed by atoms with van der Waals surface area (Å²) in [7, 11) is -4.22. The summed E-state index contributed by atoms with van der Waals surface area (Å²) >= 11 is 0. The first-order chi connectivity index (χ1) is 22.3. The summed E-state index contributed by atoms with van der Waals surface area (Å²) in [6.07, 6.45) is -1.91. The number of anilines is 1. The van der Waals surface area contributed by atoms with Crippen LogP contribution in [0.1, 0.15) is 44.7 Å². The van der Waals surface area contributed by atoms with E-state index in [0.29, 0.717) is 12.1 Å². The van der Waals surface area contributed by atoms with E-state index in [9.17, 15) is 27.9 Å². The number of hydrogen-bond acceptors (Lipinski definition) is 8. The van der Waals surface area contributed by atoms with E-state index in [1.807, 2.05) is 60.7 Å². The fourth-order valence-electron chi connectivity index (χ4n) is 5.01. The number of benzene rings is 3. The molecule has 3 aromatic rings. The predicted octanol–water partition coefficient (Wildman–Crippen LogP) is 4.20. The van der Waals surface area contributed by atoms with E-state index in [4.69, 9.17) is 9.47 Å². The molecular formula is C34H42N4O8S. The topological polar surface area (TPSA) is 163 Å². The highest BCUT2D eigenvalue weighted by molar-refractivity contribution is 7.89. The Balaban J connectivity index is 1.51.